The molecule has 0 aliphatic carbocycles. The third-order valence-electron chi connectivity index (χ3n) is 2.54. The van der Waals surface area contributed by atoms with E-state index in [1.807, 2.05) is 39.8 Å². The highest BCUT2D eigenvalue weighted by atomic mass is 79.9. The summed E-state index contributed by atoms with van der Waals surface area (Å²) in [6.07, 6.45) is 1.66. The Balaban J connectivity index is 2.73. The lowest BCUT2D eigenvalue weighted by Crippen LogP contribution is -2.27. The molecule has 1 N–H and O–H groups in total. The van der Waals surface area contributed by atoms with Crippen LogP contribution in [-0.2, 0) is 11.2 Å². The molecule has 0 saturated heterocycles. The molecule has 0 heterocycles. The van der Waals surface area contributed by atoms with Crippen molar-refractivity contribution in [3.63, 3.8) is 0 Å². The Morgan fingerprint density at radius 1 is 1.37 bits per heavy atom. The van der Waals surface area contributed by atoms with Crippen molar-refractivity contribution in [2.45, 2.75) is 46.1 Å². The lowest BCUT2D eigenvalue weighted by atomic mass is 10.1. The number of amides is 1. The average Bonchev–Trinajstić information content (AvgIpc) is 2.27. The van der Waals surface area contributed by atoms with Crippen LogP contribution in [0.2, 0.25) is 0 Å². The minimum Gasteiger partial charge on any atom is -0.444 e. The van der Waals surface area contributed by atoms with Gasteiger partial charge in [0.15, 0.2) is 0 Å². The number of alkyl halides is 1. The van der Waals surface area contributed by atoms with E-state index >= 15 is 0 Å². The van der Waals surface area contributed by atoms with Gasteiger partial charge in [0.05, 0.1) is 0 Å². The number of halogens is 1. The molecule has 1 rings (SSSR count). The van der Waals surface area contributed by atoms with Gasteiger partial charge in [0.1, 0.15) is 5.60 Å². The Hall–Kier alpha value is -1.03. The molecule has 0 unspecified atom stereocenters. The van der Waals surface area contributed by atoms with Crippen LogP contribution in [0.3, 0.4) is 0 Å². The molecule has 0 saturated carbocycles. The van der Waals surface area contributed by atoms with Crippen molar-refractivity contribution < 1.29 is 9.53 Å². The number of nitrogens with one attached hydrogen (secondary N) is 1. The van der Waals surface area contributed by atoms with Crippen molar-refractivity contribution in [1.29, 1.82) is 0 Å². The zero-order valence-corrected chi connectivity index (χ0v) is 13.6. The first-order valence-corrected chi connectivity index (χ1v) is 7.59. The minimum atomic E-state index is -0.481. The molecule has 0 radical (unpaired) electrons. The summed E-state index contributed by atoms with van der Waals surface area (Å²) in [6.45, 7) is 7.53. The third kappa shape index (κ3) is 6.10. The first-order chi connectivity index (χ1) is 8.81. The van der Waals surface area contributed by atoms with E-state index in [0.29, 0.717) is 0 Å². The fourth-order valence-corrected chi connectivity index (χ4v) is 1.92. The number of ether oxygens (including phenoxy) is 1. The van der Waals surface area contributed by atoms with Crippen molar-refractivity contribution in [3.8, 4) is 0 Å². The van der Waals surface area contributed by atoms with E-state index in [1.165, 1.54) is 5.56 Å². The zero-order valence-electron chi connectivity index (χ0n) is 12.0. The Bertz CT molecular complexity index is 438. The molecular weight excluding hydrogens is 306 g/mol. The van der Waals surface area contributed by atoms with Crippen LogP contribution in [0.4, 0.5) is 10.5 Å². The smallest absolute Gasteiger partial charge is 0.412 e. The molecule has 0 aliphatic rings. The monoisotopic (exact) mass is 327 g/mol. The SMILES string of the molecule is Cc1ccc(CCCBr)cc1NC(=O)OC(C)(C)C. The van der Waals surface area contributed by atoms with Crippen molar-refractivity contribution in [2.24, 2.45) is 0 Å². The highest BCUT2D eigenvalue weighted by Crippen LogP contribution is 2.19. The summed E-state index contributed by atoms with van der Waals surface area (Å²) >= 11 is 3.42. The van der Waals surface area contributed by atoms with Crippen LogP contribution in [0.5, 0.6) is 0 Å². The van der Waals surface area contributed by atoms with E-state index in [1.54, 1.807) is 0 Å². The number of carbonyl (C=O) groups excluding carboxylic acids is 1. The molecule has 1 amide bonds. The molecule has 0 spiro atoms. The summed E-state index contributed by atoms with van der Waals surface area (Å²) in [5.74, 6) is 0. The molecule has 0 aromatic heterocycles. The van der Waals surface area contributed by atoms with Gasteiger partial charge in [0.25, 0.3) is 0 Å². The van der Waals surface area contributed by atoms with Gasteiger partial charge >= 0.3 is 6.09 Å². The number of rotatable bonds is 4. The number of aryl methyl sites for hydroxylation is 2. The summed E-state index contributed by atoms with van der Waals surface area (Å²) in [6, 6.07) is 6.14. The second-order valence-corrected chi connectivity index (χ2v) is 6.36. The van der Waals surface area contributed by atoms with E-state index in [-0.39, 0.29) is 0 Å². The molecule has 0 bridgehead atoms. The summed E-state index contributed by atoms with van der Waals surface area (Å²) in [5, 5.41) is 3.79. The number of benzene rings is 1. The van der Waals surface area contributed by atoms with Crippen LogP contribution in [0, 0.1) is 6.92 Å². The van der Waals surface area contributed by atoms with Gasteiger partial charge < -0.3 is 4.74 Å². The fourth-order valence-electron chi connectivity index (χ4n) is 1.64. The van der Waals surface area contributed by atoms with E-state index in [0.717, 1.165) is 29.4 Å². The predicted molar refractivity (Wildman–Crippen MR) is 83.2 cm³/mol. The maximum atomic E-state index is 11.8. The minimum absolute atomic E-state index is 0.409. The normalized spacial score (nSPS) is 11.2. The summed E-state index contributed by atoms with van der Waals surface area (Å²) < 4.78 is 5.26. The van der Waals surface area contributed by atoms with Gasteiger partial charge in [-0.25, -0.2) is 4.79 Å². The number of hydrogen-bond acceptors (Lipinski definition) is 2. The molecular formula is C15H22BrNO2. The van der Waals surface area contributed by atoms with Gasteiger partial charge in [0, 0.05) is 11.0 Å². The Morgan fingerprint density at radius 3 is 2.63 bits per heavy atom. The topological polar surface area (TPSA) is 38.3 Å². The van der Waals surface area contributed by atoms with E-state index in [2.05, 4.69) is 27.3 Å². The number of carbonyl (C=O) groups is 1. The Kier molecular flexibility index (Phi) is 5.85. The van der Waals surface area contributed by atoms with Gasteiger partial charge in [-0.1, -0.05) is 28.1 Å². The van der Waals surface area contributed by atoms with Crippen LogP contribution in [0.25, 0.3) is 0 Å². The summed E-state index contributed by atoms with van der Waals surface area (Å²) in [4.78, 5) is 11.8. The Labute approximate surface area is 123 Å². The molecule has 0 aliphatic heterocycles. The first kappa shape index (κ1) is 16.0. The van der Waals surface area contributed by atoms with E-state index < -0.39 is 11.7 Å². The van der Waals surface area contributed by atoms with Gasteiger partial charge in [-0.2, -0.15) is 0 Å². The first-order valence-electron chi connectivity index (χ1n) is 6.47. The van der Waals surface area contributed by atoms with Gasteiger partial charge in [-0.3, -0.25) is 5.32 Å². The second kappa shape index (κ2) is 6.94. The fraction of sp³-hybridized carbons (Fsp3) is 0.533. The molecule has 19 heavy (non-hydrogen) atoms. The largest absolute Gasteiger partial charge is 0.444 e. The van der Waals surface area contributed by atoms with Crippen molar-refractivity contribution >= 4 is 27.7 Å². The van der Waals surface area contributed by atoms with Crippen LogP contribution >= 0.6 is 15.9 Å². The Morgan fingerprint density at radius 2 is 2.05 bits per heavy atom. The number of anilines is 1. The third-order valence-corrected chi connectivity index (χ3v) is 3.10. The molecule has 106 valence electrons. The molecule has 1 aromatic carbocycles. The molecule has 0 fully saturated rings. The maximum absolute atomic E-state index is 11.8. The van der Waals surface area contributed by atoms with Crippen LogP contribution in [0.15, 0.2) is 18.2 Å². The van der Waals surface area contributed by atoms with Gasteiger partial charge in [-0.15, -0.1) is 0 Å². The van der Waals surface area contributed by atoms with Crippen LogP contribution < -0.4 is 5.32 Å². The predicted octanol–water partition coefficient (Wildman–Crippen LogP) is 4.67. The lowest BCUT2D eigenvalue weighted by molar-refractivity contribution is 0.0636. The highest BCUT2D eigenvalue weighted by Gasteiger charge is 2.16. The molecule has 0 atom stereocenters. The lowest BCUT2D eigenvalue weighted by Gasteiger charge is -2.20. The zero-order chi connectivity index (χ0) is 14.5. The summed E-state index contributed by atoms with van der Waals surface area (Å²) in [5.41, 5.74) is 2.59. The molecule has 1 aromatic rings. The van der Waals surface area contributed by atoms with Gasteiger partial charge in [-0.05, 0) is 57.7 Å². The molecule has 4 heteroatoms. The molecule has 3 nitrogen and oxygen atoms in total. The van der Waals surface area contributed by atoms with Crippen LogP contribution in [-0.4, -0.2) is 17.0 Å². The quantitative estimate of drug-likeness (QED) is 0.816. The maximum Gasteiger partial charge on any atom is 0.412 e. The average molecular weight is 328 g/mol. The van der Waals surface area contributed by atoms with Crippen LogP contribution in [0.1, 0.15) is 38.3 Å². The second-order valence-electron chi connectivity index (χ2n) is 5.57. The van der Waals surface area contributed by atoms with Crippen molar-refractivity contribution in [3.05, 3.63) is 29.3 Å². The van der Waals surface area contributed by atoms with Crippen molar-refractivity contribution in [2.75, 3.05) is 10.6 Å². The standard InChI is InChI=1S/C15H22BrNO2/c1-11-7-8-12(6-5-9-16)10-13(11)17-14(18)19-15(2,3)4/h7-8,10H,5-6,9H2,1-4H3,(H,17,18). The summed E-state index contributed by atoms with van der Waals surface area (Å²) in [7, 11) is 0. The number of hydrogen-bond donors (Lipinski definition) is 1. The van der Waals surface area contributed by atoms with E-state index in [4.69, 9.17) is 4.74 Å². The highest BCUT2D eigenvalue weighted by molar-refractivity contribution is 9.09. The van der Waals surface area contributed by atoms with Gasteiger partial charge in [0.2, 0.25) is 0 Å². The van der Waals surface area contributed by atoms with Crippen molar-refractivity contribution in [1.82, 2.24) is 0 Å². The van der Waals surface area contributed by atoms with E-state index in [9.17, 15) is 4.79 Å².